The first-order valence-electron chi connectivity index (χ1n) is 8.23. The maximum absolute atomic E-state index is 14.2. The van der Waals surface area contributed by atoms with Gasteiger partial charge in [-0.15, -0.1) is 0 Å². The fraction of sp³-hybridized carbons (Fsp3) is 0.471. The Hall–Kier alpha value is -2.47. The summed E-state index contributed by atoms with van der Waals surface area (Å²) in [7, 11) is 0. The van der Waals surface area contributed by atoms with E-state index < -0.39 is 55.0 Å². The second-order valence-corrected chi connectivity index (χ2v) is 6.76. The van der Waals surface area contributed by atoms with Gasteiger partial charge >= 0.3 is 12.4 Å². The highest BCUT2D eigenvalue weighted by Gasteiger charge is 2.51. The van der Waals surface area contributed by atoms with Gasteiger partial charge in [-0.05, 0) is 30.2 Å². The number of hydrogen-bond donors (Lipinski definition) is 1. The van der Waals surface area contributed by atoms with E-state index in [9.17, 15) is 43.9 Å². The molecule has 3 nitrogen and oxygen atoms in total. The van der Waals surface area contributed by atoms with Crippen LogP contribution in [0.15, 0.2) is 24.3 Å². The standard InChI is InChI=1S/C17H15F10N3/c1-9-4-10(2-3-11(9)28)6-30-13(15(20,21)8-17(25,26)27)5-12(29-30)14(18,19)7-16(22,23)24/h2-5H,6-8,28H2,1H3. The van der Waals surface area contributed by atoms with Gasteiger partial charge in [0.25, 0.3) is 11.8 Å². The van der Waals surface area contributed by atoms with E-state index >= 15 is 0 Å². The van der Waals surface area contributed by atoms with E-state index in [1.165, 1.54) is 25.1 Å². The first kappa shape index (κ1) is 23.8. The van der Waals surface area contributed by atoms with Gasteiger partial charge in [-0.3, -0.25) is 4.68 Å². The van der Waals surface area contributed by atoms with Crippen LogP contribution in [0.4, 0.5) is 49.6 Å². The van der Waals surface area contributed by atoms with Crippen molar-refractivity contribution in [2.45, 2.75) is 50.5 Å². The van der Waals surface area contributed by atoms with Crippen LogP contribution in [0.5, 0.6) is 0 Å². The second kappa shape index (κ2) is 7.65. The number of halogens is 10. The monoisotopic (exact) mass is 451 g/mol. The first-order chi connectivity index (χ1) is 13.4. The van der Waals surface area contributed by atoms with Gasteiger partial charge in [0.2, 0.25) is 0 Å². The molecule has 2 rings (SSSR count). The number of hydrogen-bond acceptors (Lipinski definition) is 2. The Bertz CT molecular complexity index is 896. The molecular weight excluding hydrogens is 436 g/mol. The first-order valence-corrected chi connectivity index (χ1v) is 8.23. The molecule has 0 spiro atoms. The molecule has 1 heterocycles. The summed E-state index contributed by atoms with van der Waals surface area (Å²) in [6.07, 6.45) is -16.1. The maximum atomic E-state index is 14.2. The Morgan fingerprint density at radius 3 is 1.87 bits per heavy atom. The van der Waals surface area contributed by atoms with E-state index in [2.05, 4.69) is 5.10 Å². The normalized spacial score (nSPS) is 13.7. The number of anilines is 1. The smallest absolute Gasteiger partial charge is 0.395 e. The minimum atomic E-state index is -5.37. The highest BCUT2D eigenvalue weighted by atomic mass is 19.4. The number of rotatable bonds is 6. The van der Waals surface area contributed by atoms with Crippen LogP contribution in [-0.2, 0) is 18.4 Å². The largest absolute Gasteiger partial charge is 0.399 e. The van der Waals surface area contributed by atoms with Gasteiger partial charge in [-0.1, -0.05) is 12.1 Å². The molecule has 0 radical (unpaired) electrons. The summed E-state index contributed by atoms with van der Waals surface area (Å²) in [6.45, 7) is 0.843. The summed E-state index contributed by atoms with van der Waals surface area (Å²) < 4.78 is 131. The third-order valence-corrected chi connectivity index (χ3v) is 4.04. The van der Waals surface area contributed by atoms with Gasteiger partial charge in [-0.25, -0.2) is 0 Å². The molecule has 2 N–H and O–H groups in total. The molecule has 0 fully saturated rings. The Balaban J connectivity index is 2.54. The number of alkyl halides is 10. The van der Waals surface area contributed by atoms with E-state index in [1.807, 2.05) is 0 Å². The molecular formula is C17H15F10N3. The van der Waals surface area contributed by atoms with Crippen molar-refractivity contribution < 1.29 is 43.9 Å². The maximum Gasteiger partial charge on any atom is 0.395 e. The van der Waals surface area contributed by atoms with Crippen LogP contribution in [0.1, 0.15) is 35.4 Å². The predicted molar refractivity (Wildman–Crippen MR) is 86.1 cm³/mol. The molecule has 0 aliphatic carbocycles. The number of nitrogens with zero attached hydrogens (tertiary/aromatic N) is 2. The third kappa shape index (κ3) is 6.02. The summed E-state index contributed by atoms with van der Waals surface area (Å²) in [5.74, 6) is -9.43. The van der Waals surface area contributed by atoms with Crippen molar-refractivity contribution >= 4 is 5.69 Å². The summed E-state index contributed by atoms with van der Waals surface area (Å²) >= 11 is 0. The highest BCUT2D eigenvalue weighted by molar-refractivity contribution is 5.47. The van der Waals surface area contributed by atoms with Gasteiger partial charge < -0.3 is 5.73 Å². The summed E-state index contributed by atoms with van der Waals surface area (Å²) in [4.78, 5) is 0. The van der Waals surface area contributed by atoms with Crippen LogP contribution in [0.2, 0.25) is 0 Å². The van der Waals surface area contributed by atoms with Gasteiger partial charge in [0.1, 0.15) is 24.2 Å². The molecule has 0 amide bonds. The number of aromatic nitrogens is 2. The Morgan fingerprint density at radius 1 is 0.833 bits per heavy atom. The van der Waals surface area contributed by atoms with Crippen molar-refractivity contribution in [1.82, 2.24) is 9.78 Å². The summed E-state index contributed by atoms with van der Waals surface area (Å²) in [5.41, 5.74) is 3.25. The zero-order chi connectivity index (χ0) is 23.1. The molecule has 0 aliphatic rings. The lowest BCUT2D eigenvalue weighted by molar-refractivity contribution is -0.193. The van der Waals surface area contributed by atoms with Gasteiger partial charge in [0.05, 0.1) is 6.54 Å². The van der Waals surface area contributed by atoms with Crippen LogP contribution in [-0.4, -0.2) is 22.1 Å². The van der Waals surface area contributed by atoms with Crippen molar-refractivity contribution in [1.29, 1.82) is 0 Å². The van der Waals surface area contributed by atoms with Gasteiger partial charge in [0.15, 0.2) is 0 Å². The molecule has 0 unspecified atom stereocenters. The molecule has 0 bridgehead atoms. The lowest BCUT2D eigenvalue weighted by Crippen LogP contribution is -2.27. The van der Waals surface area contributed by atoms with Crippen LogP contribution < -0.4 is 5.73 Å². The Kier molecular flexibility index (Phi) is 6.07. The minimum absolute atomic E-state index is 0.123. The third-order valence-electron chi connectivity index (χ3n) is 4.04. The van der Waals surface area contributed by atoms with Crippen molar-refractivity contribution in [2.75, 3.05) is 5.73 Å². The molecule has 1 aromatic carbocycles. The fourth-order valence-electron chi connectivity index (χ4n) is 2.70. The van der Waals surface area contributed by atoms with Crippen molar-refractivity contribution in [2.24, 2.45) is 0 Å². The van der Waals surface area contributed by atoms with Gasteiger partial charge in [-0.2, -0.15) is 49.0 Å². The number of aryl methyl sites for hydroxylation is 1. The van der Waals surface area contributed by atoms with Crippen molar-refractivity contribution in [3.8, 4) is 0 Å². The molecule has 0 atom stereocenters. The van der Waals surface area contributed by atoms with Crippen LogP contribution in [0.3, 0.4) is 0 Å². The van der Waals surface area contributed by atoms with E-state index in [0.29, 0.717) is 11.3 Å². The van der Waals surface area contributed by atoms with Crippen LogP contribution in [0, 0.1) is 6.92 Å². The lowest BCUT2D eigenvalue weighted by atomic mass is 10.1. The van der Waals surface area contributed by atoms with E-state index in [-0.39, 0.29) is 16.3 Å². The molecule has 1 aromatic heterocycles. The molecule has 2 aromatic rings. The SMILES string of the molecule is Cc1cc(Cn2nc(C(F)(F)CC(F)(F)F)cc2C(F)(F)CC(F)(F)F)ccc1N. The molecule has 30 heavy (non-hydrogen) atoms. The van der Waals surface area contributed by atoms with Crippen molar-refractivity contribution in [3.05, 3.63) is 46.8 Å². The van der Waals surface area contributed by atoms with Crippen LogP contribution in [0.25, 0.3) is 0 Å². The van der Waals surface area contributed by atoms with Crippen LogP contribution >= 0.6 is 0 Å². The van der Waals surface area contributed by atoms with E-state index in [0.717, 1.165) is 0 Å². The van der Waals surface area contributed by atoms with Crippen molar-refractivity contribution in [3.63, 3.8) is 0 Å². The second-order valence-electron chi connectivity index (χ2n) is 6.76. The van der Waals surface area contributed by atoms with E-state index in [4.69, 9.17) is 5.73 Å². The molecule has 0 saturated carbocycles. The number of nitrogens with two attached hydrogens (primary N) is 1. The average Bonchev–Trinajstić information content (AvgIpc) is 2.92. The Morgan fingerprint density at radius 2 is 1.37 bits per heavy atom. The zero-order valence-electron chi connectivity index (χ0n) is 15.2. The fourth-order valence-corrected chi connectivity index (χ4v) is 2.70. The lowest BCUT2D eigenvalue weighted by Gasteiger charge is -2.19. The van der Waals surface area contributed by atoms with Gasteiger partial charge in [0, 0.05) is 5.69 Å². The molecule has 0 aliphatic heterocycles. The number of benzene rings is 1. The molecule has 0 saturated heterocycles. The molecule has 168 valence electrons. The number of nitrogen functional groups attached to an aromatic ring is 1. The molecule has 13 heteroatoms. The highest BCUT2D eigenvalue weighted by Crippen LogP contribution is 2.43. The summed E-state index contributed by atoms with van der Waals surface area (Å²) in [5, 5.41) is 3.10. The van der Waals surface area contributed by atoms with E-state index in [1.54, 1.807) is 0 Å². The minimum Gasteiger partial charge on any atom is -0.399 e. The average molecular weight is 451 g/mol. The topological polar surface area (TPSA) is 43.8 Å². The predicted octanol–water partition coefficient (Wildman–Crippen LogP) is 5.91. The zero-order valence-corrected chi connectivity index (χ0v) is 15.2. The Labute approximate surface area is 163 Å². The quantitative estimate of drug-likeness (QED) is 0.439. The summed E-state index contributed by atoms with van der Waals surface area (Å²) in [6, 6.07) is 3.88.